The first-order chi connectivity index (χ1) is 7.64. The highest BCUT2D eigenvalue weighted by molar-refractivity contribution is 9.11. The van der Waals surface area contributed by atoms with Crippen LogP contribution in [-0.2, 0) is 11.2 Å². The summed E-state index contributed by atoms with van der Waals surface area (Å²) >= 11 is 5.15. The average molecular weight is 305 g/mol. The summed E-state index contributed by atoms with van der Waals surface area (Å²) in [5.74, 6) is 0. The average Bonchev–Trinajstić information content (AvgIpc) is 2.64. The lowest BCUT2D eigenvalue weighted by Gasteiger charge is -2.38. The molecule has 0 bridgehead atoms. The Morgan fingerprint density at radius 3 is 3.00 bits per heavy atom. The first-order valence-corrected chi connectivity index (χ1v) is 7.24. The van der Waals surface area contributed by atoms with Crippen LogP contribution >= 0.6 is 27.3 Å². The number of aliphatic hydroxyl groups is 1. The largest absolute Gasteiger partial charge is 0.387 e. The molecule has 1 aromatic rings. The Kier molecular flexibility index (Phi) is 4.06. The molecule has 1 aliphatic carbocycles. The molecule has 4 heteroatoms. The topological polar surface area (TPSA) is 29.5 Å². The smallest absolute Gasteiger partial charge is 0.0955 e. The minimum absolute atomic E-state index is 0.0119. The second kappa shape index (κ2) is 5.17. The van der Waals surface area contributed by atoms with Crippen molar-refractivity contribution in [3.8, 4) is 0 Å². The molecule has 1 aromatic heterocycles. The fourth-order valence-electron chi connectivity index (χ4n) is 2.48. The van der Waals surface area contributed by atoms with Gasteiger partial charge in [-0.1, -0.05) is 12.8 Å². The summed E-state index contributed by atoms with van der Waals surface area (Å²) < 4.78 is 6.55. The first kappa shape index (κ1) is 12.6. The minimum atomic E-state index is -0.669. The molecular formula is C12H17BrO2S. The normalized spacial score (nSPS) is 30.6. The Morgan fingerprint density at radius 1 is 1.56 bits per heavy atom. The fraction of sp³-hybridized carbons (Fsp3) is 0.667. The van der Waals surface area contributed by atoms with E-state index in [0.29, 0.717) is 6.42 Å². The molecule has 1 fully saturated rings. The molecule has 0 amide bonds. The first-order valence-electron chi connectivity index (χ1n) is 5.63. The summed E-state index contributed by atoms with van der Waals surface area (Å²) in [6, 6.07) is 4.11. The lowest BCUT2D eigenvalue weighted by Crippen LogP contribution is -2.47. The van der Waals surface area contributed by atoms with Crippen LogP contribution in [0.15, 0.2) is 15.9 Å². The van der Waals surface area contributed by atoms with Gasteiger partial charge in [-0.15, -0.1) is 11.3 Å². The van der Waals surface area contributed by atoms with Crippen LogP contribution in [0.5, 0.6) is 0 Å². The Labute approximate surface area is 109 Å². The second-order valence-corrected chi connectivity index (χ2v) is 7.00. The lowest BCUT2D eigenvalue weighted by molar-refractivity contribution is -0.115. The number of hydrogen-bond donors (Lipinski definition) is 1. The summed E-state index contributed by atoms with van der Waals surface area (Å²) in [5, 5.41) is 10.7. The molecule has 1 aliphatic rings. The Morgan fingerprint density at radius 2 is 2.38 bits per heavy atom. The van der Waals surface area contributed by atoms with E-state index in [9.17, 15) is 5.11 Å². The van der Waals surface area contributed by atoms with Crippen molar-refractivity contribution in [1.82, 2.24) is 0 Å². The molecule has 0 saturated heterocycles. The van der Waals surface area contributed by atoms with Gasteiger partial charge in [0.15, 0.2) is 0 Å². The molecule has 2 nitrogen and oxygen atoms in total. The zero-order valence-electron chi connectivity index (χ0n) is 9.41. The van der Waals surface area contributed by atoms with Gasteiger partial charge in [0.05, 0.1) is 15.5 Å². The van der Waals surface area contributed by atoms with E-state index in [2.05, 4.69) is 22.0 Å². The molecular weight excluding hydrogens is 288 g/mol. The third-order valence-electron chi connectivity index (χ3n) is 3.32. The Hall–Kier alpha value is 0.1000. The van der Waals surface area contributed by atoms with Gasteiger partial charge in [-0.25, -0.2) is 0 Å². The monoisotopic (exact) mass is 304 g/mol. The number of hydrogen-bond acceptors (Lipinski definition) is 3. The predicted octanol–water partition coefficient (Wildman–Crippen LogP) is 3.37. The molecule has 1 saturated carbocycles. The van der Waals surface area contributed by atoms with Crippen LogP contribution < -0.4 is 0 Å². The van der Waals surface area contributed by atoms with Gasteiger partial charge >= 0.3 is 0 Å². The zero-order valence-corrected chi connectivity index (χ0v) is 11.8. The summed E-state index contributed by atoms with van der Waals surface area (Å²) in [6.45, 7) is 0. The van der Waals surface area contributed by atoms with Crippen LogP contribution in [0.2, 0.25) is 0 Å². The van der Waals surface area contributed by atoms with Crippen LogP contribution in [-0.4, -0.2) is 23.9 Å². The summed E-state index contributed by atoms with van der Waals surface area (Å²) in [6.07, 6.45) is 4.78. The van der Waals surface area contributed by atoms with Gasteiger partial charge in [0.1, 0.15) is 0 Å². The molecule has 0 aliphatic heterocycles. The number of rotatable bonds is 3. The van der Waals surface area contributed by atoms with Crippen molar-refractivity contribution in [1.29, 1.82) is 0 Å². The van der Waals surface area contributed by atoms with Gasteiger partial charge in [-0.2, -0.15) is 0 Å². The minimum Gasteiger partial charge on any atom is -0.387 e. The number of thiophene rings is 1. The molecule has 0 spiro atoms. The van der Waals surface area contributed by atoms with Crippen molar-refractivity contribution < 1.29 is 9.84 Å². The van der Waals surface area contributed by atoms with Crippen LogP contribution in [0.3, 0.4) is 0 Å². The van der Waals surface area contributed by atoms with Gasteiger partial charge in [0.2, 0.25) is 0 Å². The van der Waals surface area contributed by atoms with E-state index in [1.807, 2.05) is 6.07 Å². The van der Waals surface area contributed by atoms with Crippen LogP contribution in [0.1, 0.15) is 30.6 Å². The van der Waals surface area contributed by atoms with Gasteiger partial charge in [-0.3, -0.25) is 0 Å². The summed E-state index contributed by atoms with van der Waals surface area (Å²) in [7, 11) is 1.70. The SMILES string of the molecule is COC1CCCCC1(O)Cc1ccc(Br)s1. The highest BCUT2D eigenvalue weighted by atomic mass is 79.9. The van der Waals surface area contributed by atoms with E-state index in [-0.39, 0.29) is 6.10 Å². The van der Waals surface area contributed by atoms with Gasteiger partial charge in [0.25, 0.3) is 0 Å². The maximum absolute atomic E-state index is 10.7. The van der Waals surface area contributed by atoms with Crippen molar-refractivity contribution in [2.24, 2.45) is 0 Å². The third-order valence-corrected chi connectivity index (χ3v) is 4.94. The molecule has 1 N–H and O–H groups in total. The molecule has 0 radical (unpaired) electrons. The van der Waals surface area contributed by atoms with Crippen LogP contribution in [0.25, 0.3) is 0 Å². The lowest BCUT2D eigenvalue weighted by atomic mass is 9.79. The van der Waals surface area contributed by atoms with Gasteiger partial charge in [0, 0.05) is 18.4 Å². The standard InChI is InChI=1S/C12H17BrO2S/c1-15-10-4-2-3-7-12(10,14)8-9-5-6-11(13)16-9/h5-6,10,14H,2-4,7-8H2,1H3. The number of halogens is 1. The molecule has 2 rings (SSSR count). The highest BCUT2D eigenvalue weighted by Crippen LogP contribution is 2.35. The van der Waals surface area contributed by atoms with Gasteiger partial charge in [-0.05, 0) is 40.9 Å². The summed E-state index contributed by atoms with van der Waals surface area (Å²) in [4.78, 5) is 1.22. The Balaban J connectivity index is 2.10. The third kappa shape index (κ3) is 2.67. The molecule has 90 valence electrons. The molecule has 2 atom stereocenters. The van der Waals surface area contributed by atoms with Crippen LogP contribution in [0.4, 0.5) is 0 Å². The van der Waals surface area contributed by atoms with Crippen molar-refractivity contribution in [2.75, 3.05) is 7.11 Å². The quantitative estimate of drug-likeness (QED) is 0.928. The summed E-state index contributed by atoms with van der Waals surface area (Å²) in [5.41, 5.74) is -0.669. The van der Waals surface area contributed by atoms with E-state index in [0.717, 1.165) is 29.5 Å². The zero-order chi connectivity index (χ0) is 11.6. The van der Waals surface area contributed by atoms with Crippen molar-refractivity contribution in [2.45, 2.75) is 43.8 Å². The molecule has 0 aromatic carbocycles. The maximum Gasteiger partial charge on any atom is 0.0955 e. The van der Waals surface area contributed by atoms with E-state index in [1.54, 1.807) is 18.4 Å². The fourth-order valence-corrected chi connectivity index (χ4v) is 4.08. The predicted molar refractivity (Wildman–Crippen MR) is 69.9 cm³/mol. The molecule has 16 heavy (non-hydrogen) atoms. The maximum atomic E-state index is 10.7. The van der Waals surface area contributed by atoms with E-state index in [1.165, 1.54) is 4.88 Å². The molecule has 2 unspecified atom stereocenters. The van der Waals surface area contributed by atoms with Gasteiger partial charge < -0.3 is 9.84 Å². The van der Waals surface area contributed by atoms with E-state index in [4.69, 9.17) is 4.74 Å². The highest BCUT2D eigenvalue weighted by Gasteiger charge is 2.39. The van der Waals surface area contributed by atoms with Crippen molar-refractivity contribution >= 4 is 27.3 Å². The van der Waals surface area contributed by atoms with Crippen LogP contribution in [0, 0.1) is 0 Å². The second-order valence-electron chi connectivity index (χ2n) is 4.46. The molecule has 1 heterocycles. The van der Waals surface area contributed by atoms with Crippen molar-refractivity contribution in [3.05, 3.63) is 20.8 Å². The van der Waals surface area contributed by atoms with Crippen molar-refractivity contribution in [3.63, 3.8) is 0 Å². The van der Waals surface area contributed by atoms with E-state index >= 15 is 0 Å². The number of ether oxygens (including phenoxy) is 1. The Bertz CT molecular complexity index is 353. The number of methoxy groups -OCH3 is 1. The van der Waals surface area contributed by atoms with E-state index < -0.39 is 5.60 Å².